The number of ether oxygens (including phenoxy) is 1. The zero-order chi connectivity index (χ0) is 18.1. The van der Waals surface area contributed by atoms with Gasteiger partial charge in [-0.15, -0.1) is 0 Å². The molecule has 1 amide bonds. The van der Waals surface area contributed by atoms with Gasteiger partial charge in [-0.1, -0.05) is 17.7 Å². The van der Waals surface area contributed by atoms with E-state index in [1.807, 2.05) is 4.90 Å². The minimum atomic E-state index is -0.476. The molecule has 3 saturated heterocycles. The summed E-state index contributed by atoms with van der Waals surface area (Å²) in [5.41, 5.74) is 0.664. The summed E-state index contributed by atoms with van der Waals surface area (Å²) in [6.45, 7) is 4.89. The van der Waals surface area contributed by atoms with Crippen LogP contribution in [0.1, 0.15) is 18.4 Å². The smallest absolute Gasteiger partial charge is 0.227 e. The van der Waals surface area contributed by atoms with Gasteiger partial charge in [0.15, 0.2) is 0 Å². The molecule has 0 radical (unpaired) electrons. The van der Waals surface area contributed by atoms with Crippen LogP contribution >= 0.6 is 11.6 Å². The van der Waals surface area contributed by atoms with Crippen LogP contribution in [0.15, 0.2) is 18.2 Å². The van der Waals surface area contributed by atoms with Gasteiger partial charge >= 0.3 is 0 Å². The number of hydrogen-bond acceptors (Lipinski definition) is 4. The fraction of sp³-hybridized carbons (Fsp3) is 0.632. The first-order valence-corrected chi connectivity index (χ1v) is 9.80. The topological polar surface area (TPSA) is 44.8 Å². The highest BCUT2D eigenvalue weighted by Crippen LogP contribution is 2.26. The van der Waals surface area contributed by atoms with Crippen molar-refractivity contribution in [2.45, 2.75) is 37.4 Å². The summed E-state index contributed by atoms with van der Waals surface area (Å²) in [7, 11) is 0. The number of rotatable bonds is 3. The molecule has 3 atom stereocenters. The lowest BCUT2D eigenvalue weighted by Crippen LogP contribution is -2.70. The van der Waals surface area contributed by atoms with Crippen molar-refractivity contribution >= 4 is 17.5 Å². The molecule has 1 aromatic rings. The van der Waals surface area contributed by atoms with E-state index in [1.54, 1.807) is 6.07 Å². The SMILES string of the molecule is O=C(Cc1ccc(Cl)c(F)c1)N1CCN[C@@H]2COCC(N3CCCC3)[C@H]21. The monoisotopic (exact) mass is 381 g/mol. The number of fused-ring (bicyclic) bond motifs is 1. The Kier molecular flexibility index (Phi) is 5.45. The normalized spacial score (nSPS) is 29.6. The van der Waals surface area contributed by atoms with Gasteiger partial charge in [0.05, 0.1) is 42.8 Å². The highest BCUT2D eigenvalue weighted by Gasteiger charge is 2.44. The maximum absolute atomic E-state index is 13.7. The Hall–Kier alpha value is -1.21. The number of amides is 1. The lowest BCUT2D eigenvalue weighted by atomic mass is 9.92. The first-order valence-electron chi connectivity index (χ1n) is 9.42. The number of benzene rings is 1. The number of piperazine rings is 1. The molecule has 0 aliphatic carbocycles. The number of hydrogen-bond donors (Lipinski definition) is 1. The van der Waals surface area contributed by atoms with Gasteiger partial charge in [0.1, 0.15) is 5.82 Å². The third-order valence-electron chi connectivity index (χ3n) is 5.78. The average Bonchev–Trinajstić information content (AvgIpc) is 3.18. The molecule has 3 fully saturated rings. The molecule has 3 heterocycles. The van der Waals surface area contributed by atoms with E-state index in [0.29, 0.717) is 25.3 Å². The Morgan fingerprint density at radius 1 is 1.27 bits per heavy atom. The number of halogens is 2. The second-order valence-electron chi connectivity index (χ2n) is 7.41. The summed E-state index contributed by atoms with van der Waals surface area (Å²) in [5.74, 6) is -0.425. The molecule has 0 bridgehead atoms. The molecule has 1 aromatic carbocycles. The van der Waals surface area contributed by atoms with E-state index >= 15 is 0 Å². The lowest BCUT2D eigenvalue weighted by molar-refractivity contribution is -0.142. The molecular formula is C19H25ClFN3O2. The fourth-order valence-corrected chi connectivity index (χ4v) is 4.63. The van der Waals surface area contributed by atoms with E-state index in [-0.39, 0.29) is 35.5 Å². The maximum atomic E-state index is 13.7. The number of likely N-dealkylation sites (tertiary alicyclic amines) is 1. The molecular weight excluding hydrogens is 357 g/mol. The highest BCUT2D eigenvalue weighted by molar-refractivity contribution is 6.30. The molecule has 0 spiro atoms. The summed E-state index contributed by atoms with van der Waals surface area (Å²) < 4.78 is 19.5. The summed E-state index contributed by atoms with van der Waals surface area (Å²) in [5, 5.41) is 3.60. The zero-order valence-electron chi connectivity index (χ0n) is 14.8. The molecule has 1 unspecified atom stereocenters. The Morgan fingerprint density at radius 2 is 2.08 bits per heavy atom. The van der Waals surface area contributed by atoms with Gasteiger partial charge in [0.2, 0.25) is 5.91 Å². The van der Waals surface area contributed by atoms with E-state index < -0.39 is 5.82 Å². The van der Waals surface area contributed by atoms with E-state index in [4.69, 9.17) is 16.3 Å². The van der Waals surface area contributed by atoms with Crippen molar-refractivity contribution in [1.82, 2.24) is 15.1 Å². The Bertz CT molecular complexity index is 666. The fourth-order valence-electron chi connectivity index (χ4n) is 4.52. The van der Waals surface area contributed by atoms with Crippen LogP contribution < -0.4 is 5.32 Å². The lowest BCUT2D eigenvalue weighted by Gasteiger charge is -2.50. The van der Waals surface area contributed by atoms with Crippen molar-refractivity contribution in [3.8, 4) is 0 Å². The van der Waals surface area contributed by atoms with Crippen LogP contribution in [-0.2, 0) is 16.0 Å². The molecule has 0 saturated carbocycles. The van der Waals surface area contributed by atoms with Gasteiger partial charge in [0, 0.05) is 13.1 Å². The first kappa shape index (κ1) is 18.2. The molecule has 4 rings (SSSR count). The number of nitrogens with one attached hydrogen (secondary N) is 1. The molecule has 26 heavy (non-hydrogen) atoms. The number of carbonyl (C=O) groups is 1. The minimum Gasteiger partial charge on any atom is -0.378 e. The van der Waals surface area contributed by atoms with Crippen molar-refractivity contribution in [2.75, 3.05) is 39.4 Å². The van der Waals surface area contributed by atoms with Crippen LogP contribution in [0.3, 0.4) is 0 Å². The average molecular weight is 382 g/mol. The van der Waals surface area contributed by atoms with Gasteiger partial charge in [-0.25, -0.2) is 4.39 Å². The van der Waals surface area contributed by atoms with Crippen LogP contribution in [0, 0.1) is 5.82 Å². The Morgan fingerprint density at radius 3 is 2.85 bits per heavy atom. The number of nitrogens with zero attached hydrogens (tertiary/aromatic N) is 2. The van der Waals surface area contributed by atoms with E-state index in [9.17, 15) is 9.18 Å². The summed E-state index contributed by atoms with van der Waals surface area (Å²) in [6, 6.07) is 5.11. The third kappa shape index (κ3) is 3.60. The second kappa shape index (κ2) is 7.80. The van der Waals surface area contributed by atoms with Crippen molar-refractivity contribution in [3.05, 3.63) is 34.6 Å². The van der Waals surface area contributed by atoms with Gasteiger partial charge in [-0.05, 0) is 43.6 Å². The van der Waals surface area contributed by atoms with Gasteiger partial charge in [-0.3, -0.25) is 9.69 Å². The molecule has 7 heteroatoms. The van der Waals surface area contributed by atoms with Crippen LogP contribution in [0.25, 0.3) is 0 Å². The van der Waals surface area contributed by atoms with Crippen LogP contribution in [0.2, 0.25) is 5.02 Å². The van der Waals surface area contributed by atoms with E-state index in [0.717, 1.165) is 19.6 Å². The summed E-state index contributed by atoms with van der Waals surface area (Å²) >= 11 is 5.75. The first-order chi connectivity index (χ1) is 12.6. The Balaban J connectivity index is 1.52. The van der Waals surface area contributed by atoms with Crippen molar-refractivity contribution < 1.29 is 13.9 Å². The predicted octanol–water partition coefficient (Wildman–Crippen LogP) is 1.69. The van der Waals surface area contributed by atoms with Crippen LogP contribution in [0.5, 0.6) is 0 Å². The molecule has 0 aromatic heterocycles. The molecule has 3 aliphatic heterocycles. The van der Waals surface area contributed by atoms with Crippen LogP contribution in [0.4, 0.5) is 4.39 Å². The third-order valence-corrected chi connectivity index (χ3v) is 6.09. The molecule has 5 nitrogen and oxygen atoms in total. The quantitative estimate of drug-likeness (QED) is 0.865. The van der Waals surface area contributed by atoms with Crippen LogP contribution in [-0.4, -0.2) is 73.2 Å². The van der Waals surface area contributed by atoms with E-state index in [1.165, 1.54) is 25.0 Å². The predicted molar refractivity (Wildman–Crippen MR) is 97.8 cm³/mol. The van der Waals surface area contributed by atoms with Gasteiger partial charge in [-0.2, -0.15) is 0 Å². The minimum absolute atomic E-state index is 0.0503. The number of carbonyl (C=O) groups excluding carboxylic acids is 1. The van der Waals surface area contributed by atoms with Gasteiger partial charge in [0.25, 0.3) is 0 Å². The molecule has 1 N–H and O–H groups in total. The molecule has 3 aliphatic rings. The van der Waals surface area contributed by atoms with E-state index in [2.05, 4.69) is 10.2 Å². The summed E-state index contributed by atoms with van der Waals surface area (Å²) in [6.07, 6.45) is 2.61. The standard InChI is InChI=1S/C19H25ClFN3O2/c20-14-4-3-13(9-15(14)21)10-18(25)24-8-5-22-16-11-26-12-17(19(16)24)23-6-1-2-7-23/h3-4,9,16-17,19,22H,1-2,5-8,10-12H2/t16-,17?,19+/m1/s1. The van der Waals surface area contributed by atoms with Gasteiger partial charge < -0.3 is 15.0 Å². The maximum Gasteiger partial charge on any atom is 0.227 e. The van der Waals surface area contributed by atoms with Crippen molar-refractivity contribution in [3.63, 3.8) is 0 Å². The second-order valence-corrected chi connectivity index (χ2v) is 7.82. The summed E-state index contributed by atoms with van der Waals surface area (Å²) in [4.78, 5) is 17.5. The molecule has 142 valence electrons. The largest absolute Gasteiger partial charge is 0.378 e. The Labute approximate surface area is 158 Å². The zero-order valence-corrected chi connectivity index (χ0v) is 15.6. The van der Waals surface area contributed by atoms with Crippen molar-refractivity contribution in [1.29, 1.82) is 0 Å². The van der Waals surface area contributed by atoms with Crippen molar-refractivity contribution in [2.24, 2.45) is 0 Å². The highest BCUT2D eigenvalue weighted by atomic mass is 35.5.